The van der Waals surface area contributed by atoms with Crippen LogP contribution in [0.1, 0.15) is 20.8 Å². The van der Waals surface area contributed by atoms with Crippen LogP contribution < -0.4 is 0 Å². The zero-order valence-corrected chi connectivity index (χ0v) is 13.5. The minimum Gasteiger partial charge on any atom is -0.444 e. The maximum Gasteiger partial charge on any atom is 0.410 e. The molecule has 0 aromatic carbocycles. The fourth-order valence-corrected chi connectivity index (χ4v) is 2.29. The van der Waals surface area contributed by atoms with Crippen molar-refractivity contribution in [3.05, 3.63) is 0 Å². The number of amides is 1. The molecule has 0 aromatic heterocycles. The Bertz CT molecular complexity index is 317. The average Bonchev–Trinajstić information content (AvgIpc) is 2.78. The lowest BCUT2D eigenvalue weighted by Crippen LogP contribution is -2.43. The van der Waals surface area contributed by atoms with Gasteiger partial charge in [0.15, 0.2) is 0 Å². The Labute approximate surface area is 121 Å². The van der Waals surface area contributed by atoms with Crippen LogP contribution in [0.25, 0.3) is 0 Å². The Morgan fingerprint density at radius 1 is 1.30 bits per heavy atom. The Kier molecular flexibility index (Phi) is 6.23. The summed E-state index contributed by atoms with van der Waals surface area (Å²) in [5.74, 6) is 0. The second-order valence-electron chi connectivity index (χ2n) is 6.20. The molecule has 0 spiro atoms. The van der Waals surface area contributed by atoms with Gasteiger partial charge in [-0.3, -0.25) is 4.90 Å². The normalized spacial score (nSPS) is 23.4. The zero-order valence-electron chi connectivity index (χ0n) is 13.5. The lowest BCUT2D eigenvalue weighted by molar-refractivity contribution is 0.0247. The first-order valence-corrected chi connectivity index (χ1v) is 6.98. The van der Waals surface area contributed by atoms with Gasteiger partial charge in [0.1, 0.15) is 5.60 Å². The summed E-state index contributed by atoms with van der Waals surface area (Å²) in [6.45, 7) is 8.27. The highest BCUT2D eigenvalue weighted by molar-refractivity contribution is 5.68. The Morgan fingerprint density at radius 2 is 1.95 bits per heavy atom. The molecule has 1 aliphatic rings. The minimum atomic E-state index is -0.473. The molecule has 0 N–H and O–H groups in total. The van der Waals surface area contributed by atoms with Gasteiger partial charge >= 0.3 is 6.09 Å². The number of likely N-dealkylation sites (N-methyl/N-ethyl adjacent to an activating group) is 1. The van der Waals surface area contributed by atoms with Crippen molar-refractivity contribution in [2.75, 3.05) is 47.5 Å². The summed E-state index contributed by atoms with van der Waals surface area (Å²) in [5, 5.41) is 0. The third-order valence-electron chi connectivity index (χ3n) is 3.41. The monoisotopic (exact) mass is 288 g/mol. The number of rotatable bonds is 5. The van der Waals surface area contributed by atoms with Crippen LogP contribution in [0.3, 0.4) is 0 Å². The van der Waals surface area contributed by atoms with Gasteiger partial charge in [0.2, 0.25) is 0 Å². The summed E-state index contributed by atoms with van der Waals surface area (Å²) in [7, 11) is 5.39. The van der Waals surface area contributed by atoms with Gasteiger partial charge in [-0.15, -0.1) is 0 Å². The molecular weight excluding hydrogens is 260 g/mol. The van der Waals surface area contributed by atoms with Gasteiger partial charge in [-0.1, -0.05) is 0 Å². The molecule has 1 fully saturated rings. The lowest BCUT2D eigenvalue weighted by Gasteiger charge is -2.27. The first kappa shape index (κ1) is 17.2. The zero-order chi connectivity index (χ0) is 15.3. The molecule has 1 aliphatic heterocycles. The predicted octanol–water partition coefficient (Wildman–Crippen LogP) is 1.20. The summed E-state index contributed by atoms with van der Waals surface area (Å²) in [6, 6.07) is 0.169. The smallest absolute Gasteiger partial charge is 0.410 e. The van der Waals surface area contributed by atoms with Crippen LogP contribution in [-0.2, 0) is 14.2 Å². The van der Waals surface area contributed by atoms with E-state index in [9.17, 15) is 4.79 Å². The number of carbonyl (C=O) groups excluding carboxylic acids is 1. The molecule has 1 amide bonds. The first-order valence-electron chi connectivity index (χ1n) is 6.98. The molecule has 0 saturated carbocycles. The van der Waals surface area contributed by atoms with Crippen molar-refractivity contribution >= 4 is 6.09 Å². The van der Waals surface area contributed by atoms with Crippen LogP contribution in [-0.4, -0.2) is 81.1 Å². The molecule has 6 nitrogen and oxygen atoms in total. The Balaban J connectivity index is 2.60. The summed E-state index contributed by atoms with van der Waals surface area (Å²) in [5.41, 5.74) is -0.473. The number of ether oxygens (including phenoxy) is 3. The first-order chi connectivity index (χ1) is 9.28. The van der Waals surface area contributed by atoms with Crippen molar-refractivity contribution in [1.82, 2.24) is 9.80 Å². The van der Waals surface area contributed by atoms with Gasteiger partial charge in [0, 0.05) is 27.3 Å². The molecule has 1 saturated heterocycles. The highest BCUT2D eigenvalue weighted by atomic mass is 16.6. The van der Waals surface area contributed by atoms with E-state index < -0.39 is 5.60 Å². The van der Waals surface area contributed by atoms with Crippen LogP contribution in [0.15, 0.2) is 0 Å². The fraction of sp³-hybridized carbons (Fsp3) is 0.929. The quantitative estimate of drug-likeness (QED) is 0.761. The molecule has 0 unspecified atom stereocenters. The molecule has 1 rings (SSSR count). The van der Waals surface area contributed by atoms with Crippen molar-refractivity contribution in [2.24, 2.45) is 0 Å². The standard InChI is InChI=1S/C14H28N2O4/c1-14(2,3)20-13(17)16-9-11(12(10-16)19-6)15(4)7-8-18-5/h11-12H,7-10H2,1-6H3/t11-,12-/m1/s1. The molecule has 0 aliphatic carbocycles. The second-order valence-corrected chi connectivity index (χ2v) is 6.20. The van der Waals surface area contributed by atoms with Crippen LogP contribution in [0.2, 0.25) is 0 Å². The number of hydrogen-bond acceptors (Lipinski definition) is 5. The van der Waals surface area contributed by atoms with E-state index in [1.807, 2.05) is 27.8 Å². The molecular formula is C14H28N2O4. The van der Waals surface area contributed by atoms with Crippen LogP contribution >= 0.6 is 0 Å². The number of likely N-dealkylation sites (tertiary alicyclic amines) is 1. The van der Waals surface area contributed by atoms with Crippen LogP contribution in [0.5, 0.6) is 0 Å². The maximum atomic E-state index is 12.1. The minimum absolute atomic E-state index is 0.00405. The van der Waals surface area contributed by atoms with Gasteiger partial charge in [-0.2, -0.15) is 0 Å². The van der Waals surface area contributed by atoms with Crippen LogP contribution in [0, 0.1) is 0 Å². The van der Waals surface area contributed by atoms with Gasteiger partial charge < -0.3 is 19.1 Å². The van der Waals surface area contributed by atoms with Crippen molar-refractivity contribution in [2.45, 2.75) is 38.5 Å². The van der Waals surface area contributed by atoms with E-state index in [0.29, 0.717) is 19.7 Å². The molecule has 118 valence electrons. The number of carbonyl (C=O) groups is 1. The molecule has 20 heavy (non-hydrogen) atoms. The highest BCUT2D eigenvalue weighted by Gasteiger charge is 2.39. The van der Waals surface area contributed by atoms with Crippen molar-refractivity contribution < 1.29 is 19.0 Å². The van der Waals surface area contributed by atoms with Crippen LogP contribution in [0.4, 0.5) is 4.79 Å². The van der Waals surface area contributed by atoms with E-state index in [2.05, 4.69) is 4.90 Å². The summed E-state index contributed by atoms with van der Waals surface area (Å²) in [6.07, 6.45) is -0.272. The maximum absolute atomic E-state index is 12.1. The summed E-state index contributed by atoms with van der Waals surface area (Å²) < 4.78 is 16.0. The van der Waals surface area contributed by atoms with E-state index in [0.717, 1.165) is 6.54 Å². The van der Waals surface area contributed by atoms with E-state index in [1.165, 1.54) is 0 Å². The van der Waals surface area contributed by atoms with E-state index >= 15 is 0 Å². The second kappa shape index (κ2) is 7.24. The van der Waals surface area contributed by atoms with Crippen molar-refractivity contribution in [3.63, 3.8) is 0 Å². The fourth-order valence-electron chi connectivity index (χ4n) is 2.29. The van der Waals surface area contributed by atoms with Crippen molar-refractivity contribution in [1.29, 1.82) is 0 Å². The van der Waals surface area contributed by atoms with E-state index in [-0.39, 0.29) is 18.2 Å². The topological polar surface area (TPSA) is 51.2 Å². The van der Waals surface area contributed by atoms with Gasteiger partial charge in [-0.25, -0.2) is 4.79 Å². The highest BCUT2D eigenvalue weighted by Crippen LogP contribution is 2.20. The van der Waals surface area contributed by atoms with E-state index in [4.69, 9.17) is 14.2 Å². The van der Waals surface area contributed by atoms with Crippen molar-refractivity contribution in [3.8, 4) is 0 Å². The van der Waals surface area contributed by atoms with Gasteiger partial charge in [0.25, 0.3) is 0 Å². The van der Waals surface area contributed by atoms with E-state index in [1.54, 1.807) is 19.1 Å². The Hall–Kier alpha value is -0.850. The molecule has 0 bridgehead atoms. The summed E-state index contributed by atoms with van der Waals surface area (Å²) >= 11 is 0. The van der Waals surface area contributed by atoms with Gasteiger partial charge in [-0.05, 0) is 27.8 Å². The number of hydrogen-bond donors (Lipinski definition) is 0. The number of nitrogens with zero attached hydrogens (tertiary/aromatic N) is 2. The Morgan fingerprint density at radius 3 is 2.45 bits per heavy atom. The third-order valence-corrected chi connectivity index (χ3v) is 3.41. The predicted molar refractivity (Wildman–Crippen MR) is 76.9 cm³/mol. The molecule has 1 heterocycles. The molecule has 0 aromatic rings. The number of methoxy groups -OCH3 is 2. The molecule has 6 heteroatoms. The third kappa shape index (κ3) is 4.92. The summed E-state index contributed by atoms with van der Waals surface area (Å²) in [4.78, 5) is 16.0. The molecule has 0 radical (unpaired) electrons. The lowest BCUT2D eigenvalue weighted by atomic mass is 10.2. The molecule has 2 atom stereocenters. The average molecular weight is 288 g/mol. The largest absolute Gasteiger partial charge is 0.444 e. The SMILES string of the molecule is COCCN(C)[C@@H]1CN(C(=O)OC(C)(C)C)C[C@H]1OC. The van der Waals surface area contributed by atoms with Gasteiger partial charge in [0.05, 0.1) is 25.3 Å².